The van der Waals surface area contributed by atoms with E-state index >= 15 is 0 Å². The van der Waals surface area contributed by atoms with Crippen molar-refractivity contribution < 1.29 is 9.47 Å². The highest BCUT2D eigenvalue weighted by atomic mass is 35.5. The molecule has 1 unspecified atom stereocenters. The summed E-state index contributed by atoms with van der Waals surface area (Å²) >= 11 is 6.18. The van der Waals surface area contributed by atoms with Crippen molar-refractivity contribution in [2.45, 2.75) is 13.0 Å². The Morgan fingerprint density at radius 1 is 1.15 bits per heavy atom. The van der Waals surface area contributed by atoms with Crippen LogP contribution in [0.15, 0.2) is 36.4 Å². The van der Waals surface area contributed by atoms with Gasteiger partial charge in [-0.3, -0.25) is 0 Å². The lowest BCUT2D eigenvalue weighted by Crippen LogP contribution is -2.33. The fraction of sp³-hybridized carbons (Fsp3) is 0.375. The average molecular weight is 294 g/mol. The maximum atomic E-state index is 6.18. The van der Waals surface area contributed by atoms with E-state index < -0.39 is 0 Å². The molecule has 0 amide bonds. The van der Waals surface area contributed by atoms with E-state index in [1.54, 1.807) is 7.11 Å². The summed E-state index contributed by atoms with van der Waals surface area (Å²) < 4.78 is 10.9. The zero-order valence-corrected chi connectivity index (χ0v) is 12.6. The second kappa shape index (κ2) is 7.48. The van der Waals surface area contributed by atoms with Crippen molar-refractivity contribution >= 4 is 22.4 Å². The van der Waals surface area contributed by atoms with Gasteiger partial charge in [-0.05, 0) is 19.1 Å². The number of methoxy groups -OCH3 is 1. The molecule has 0 aromatic heterocycles. The molecule has 108 valence electrons. The molecule has 0 saturated heterocycles. The van der Waals surface area contributed by atoms with Crippen molar-refractivity contribution in [1.82, 2.24) is 5.32 Å². The topological polar surface area (TPSA) is 30.5 Å². The standard InChI is InChI=1S/C16H20ClNO2/c1-12(11-19-2)18-9-10-20-16-8-7-15(17)13-5-3-4-6-14(13)16/h3-8,12,18H,9-11H2,1-2H3. The van der Waals surface area contributed by atoms with E-state index in [0.717, 1.165) is 28.1 Å². The molecule has 0 aliphatic heterocycles. The molecule has 4 heteroatoms. The Morgan fingerprint density at radius 2 is 1.90 bits per heavy atom. The number of fused-ring (bicyclic) bond motifs is 1. The van der Waals surface area contributed by atoms with Crippen LogP contribution in [0.5, 0.6) is 5.75 Å². The molecule has 0 saturated carbocycles. The molecule has 2 aromatic carbocycles. The van der Waals surface area contributed by atoms with Gasteiger partial charge in [0.1, 0.15) is 12.4 Å². The van der Waals surface area contributed by atoms with E-state index in [9.17, 15) is 0 Å². The molecule has 2 aromatic rings. The molecule has 2 rings (SSSR count). The van der Waals surface area contributed by atoms with E-state index in [2.05, 4.69) is 12.2 Å². The Hall–Kier alpha value is -1.29. The van der Waals surface area contributed by atoms with Crippen LogP contribution in [-0.2, 0) is 4.74 Å². The lowest BCUT2D eigenvalue weighted by atomic mass is 10.1. The minimum Gasteiger partial charge on any atom is -0.492 e. The molecular formula is C16H20ClNO2. The van der Waals surface area contributed by atoms with Gasteiger partial charge in [0.15, 0.2) is 0 Å². The van der Waals surface area contributed by atoms with Crippen LogP contribution in [0, 0.1) is 0 Å². The van der Waals surface area contributed by atoms with Crippen molar-refractivity contribution in [2.24, 2.45) is 0 Å². The lowest BCUT2D eigenvalue weighted by molar-refractivity contribution is 0.169. The first-order chi connectivity index (χ1) is 9.72. The molecule has 0 bridgehead atoms. The van der Waals surface area contributed by atoms with Crippen LogP contribution in [0.4, 0.5) is 0 Å². The Labute approximate surface area is 124 Å². The van der Waals surface area contributed by atoms with Crippen LogP contribution in [0.25, 0.3) is 10.8 Å². The van der Waals surface area contributed by atoms with E-state index in [1.165, 1.54) is 0 Å². The van der Waals surface area contributed by atoms with Crippen LogP contribution in [-0.4, -0.2) is 32.9 Å². The smallest absolute Gasteiger partial charge is 0.127 e. The summed E-state index contributed by atoms with van der Waals surface area (Å²) in [5.74, 6) is 0.867. The number of rotatable bonds is 7. The molecule has 0 aliphatic carbocycles. The number of benzene rings is 2. The third-order valence-corrected chi connectivity index (χ3v) is 3.43. The molecule has 0 fully saturated rings. The van der Waals surface area contributed by atoms with E-state index in [-0.39, 0.29) is 0 Å². The van der Waals surface area contributed by atoms with Crippen molar-refractivity contribution in [1.29, 1.82) is 0 Å². The van der Waals surface area contributed by atoms with Crippen molar-refractivity contribution in [3.63, 3.8) is 0 Å². The van der Waals surface area contributed by atoms with Crippen molar-refractivity contribution in [3.05, 3.63) is 41.4 Å². The van der Waals surface area contributed by atoms with Gasteiger partial charge in [-0.1, -0.05) is 35.9 Å². The predicted octanol–water partition coefficient (Wildman–Crippen LogP) is 3.50. The summed E-state index contributed by atoms with van der Waals surface area (Å²) in [7, 11) is 1.70. The minimum absolute atomic E-state index is 0.325. The summed E-state index contributed by atoms with van der Waals surface area (Å²) in [6.07, 6.45) is 0. The van der Waals surface area contributed by atoms with E-state index in [4.69, 9.17) is 21.1 Å². The van der Waals surface area contributed by atoms with Gasteiger partial charge in [-0.25, -0.2) is 0 Å². The lowest BCUT2D eigenvalue weighted by Gasteiger charge is -2.14. The van der Waals surface area contributed by atoms with Crippen LogP contribution in [0.2, 0.25) is 5.02 Å². The fourth-order valence-electron chi connectivity index (χ4n) is 2.14. The SMILES string of the molecule is COCC(C)NCCOc1ccc(Cl)c2ccccc12. The van der Waals surface area contributed by atoms with Gasteiger partial charge in [0.05, 0.1) is 6.61 Å². The first kappa shape index (κ1) is 15.1. The van der Waals surface area contributed by atoms with Gasteiger partial charge in [-0.15, -0.1) is 0 Å². The molecule has 1 N–H and O–H groups in total. The van der Waals surface area contributed by atoms with Crippen molar-refractivity contribution in [3.8, 4) is 5.75 Å². The van der Waals surface area contributed by atoms with E-state index in [0.29, 0.717) is 19.3 Å². The van der Waals surface area contributed by atoms with Crippen LogP contribution in [0.3, 0.4) is 0 Å². The zero-order chi connectivity index (χ0) is 14.4. The highest BCUT2D eigenvalue weighted by molar-refractivity contribution is 6.35. The molecule has 20 heavy (non-hydrogen) atoms. The van der Waals surface area contributed by atoms with Gasteiger partial charge in [-0.2, -0.15) is 0 Å². The average Bonchev–Trinajstić information content (AvgIpc) is 2.46. The highest BCUT2D eigenvalue weighted by Gasteiger charge is 2.05. The van der Waals surface area contributed by atoms with E-state index in [1.807, 2.05) is 36.4 Å². The number of halogens is 1. The van der Waals surface area contributed by atoms with Crippen LogP contribution in [0.1, 0.15) is 6.92 Å². The first-order valence-electron chi connectivity index (χ1n) is 6.74. The number of hydrogen-bond donors (Lipinski definition) is 1. The second-order valence-electron chi connectivity index (χ2n) is 4.75. The minimum atomic E-state index is 0.325. The largest absolute Gasteiger partial charge is 0.492 e. The molecule has 0 radical (unpaired) electrons. The molecule has 0 spiro atoms. The maximum Gasteiger partial charge on any atom is 0.127 e. The maximum absolute atomic E-state index is 6.18. The third-order valence-electron chi connectivity index (χ3n) is 3.10. The monoisotopic (exact) mass is 293 g/mol. The summed E-state index contributed by atoms with van der Waals surface area (Å²) in [4.78, 5) is 0. The van der Waals surface area contributed by atoms with Gasteiger partial charge >= 0.3 is 0 Å². The third kappa shape index (κ3) is 3.85. The van der Waals surface area contributed by atoms with Gasteiger partial charge in [0, 0.05) is 35.5 Å². The number of nitrogens with one attached hydrogen (secondary N) is 1. The summed E-state index contributed by atoms with van der Waals surface area (Å²) in [6.45, 7) is 4.17. The number of hydrogen-bond acceptors (Lipinski definition) is 3. The quantitative estimate of drug-likeness (QED) is 0.793. The summed E-state index contributed by atoms with van der Waals surface area (Å²) in [6, 6.07) is 12.1. The Morgan fingerprint density at radius 3 is 2.65 bits per heavy atom. The van der Waals surface area contributed by atoms with Gasteiger partial charge < -0.3 is 14.8 Å². The van der Waals surface area contributed by atoms with Crippen molar-refractivity contribution in [2.75, 3.05) is 26.9 Å². The predicted molar refractivity (Wildman–Crippen MR) is 83.8 cm³/mol. The van der Waals surface area contributed by atoms with Gasteiger partial charge in [0.2, 0.25) is 0 Å². The Bertz CT molecular complexity index is 559. The Balaban J connectivity index is 1.95. The normalized spacial score (nSPS) is 12.6. The molecule has 0 heterocycles. The molecule has 3 nitrogen and oxygen atoms in total. The Kier molecular flexibility index (Phi) is 5.65. The van der Waals surface area contributed by atoms with Gasteiger partial charge in [0.25, 0.3) is 0 Å². The fourth-order valence-corrected chi connectivity index (χ4v) is 2.36. The highest BCUT2D eigenvalue weighted by Crippen LogP contribution is 2.31. The van der Waals surface area contributed by atoms with Crippen LogP contribution < -0.4 is 10.1 Å². The zero-order valence-electron chi connectivity index (χ0n) is 11.9. The number of ether oxygens (including phenoxy) is 2. The molecule has 0 aliphatic rings. The summed E-state index contributed by atoms with van der Waals surface area (Å²) in [5.41, 5.74) is 0. The molecule has 1 atom stereocenters. The van der Waals surface area contributed by atoms with Crippen LogP contribution >= 0.6 is 11.6 Å². The second-order valence-corrected chi connectivity index (χ2v) is 5.16. The summed E-state index contributed by atoms with van der Waals surface area (Å²) in [5, 5.41) is 6.15. The first-order valence-corrected chi connectivity index (χ1v) is 7.12. The molecular weight excluding hydrogens is 274 g/mol.